The number of hydrogen-bond donors (Lipinski definition) is 2. The van der Waals surface area contributed by atoms with Crippen molar-refractivity contribution >= 4 is 28.4 Å². The Hall–Kier alpha value is -0.360. The van der Waals surface area contributed by atoms with Crippen LogP contribution in [0.25, 0.3) is 0 Å². The first-order valence-electron chi connectivity index (χ1n) is 3.91. The van der Waals surface area contributed by atoms with Crippen LogP contribution in [0.1, 0.15) is 18.0 Å². The summed E-state index contributed by atoms with van der Waals surface area (Å²) < 4.78 is 1.04. The van der Waals surface area contributed by atoms with Gasteiger partial charge in [0.05, 0.1) is 3.57 Å². The van der Waals surface area contributed by atoms with Crippen molar-refractivity contribution in [1.82, 2.24) is 10.3 Å². The van der Waals surface area contributed by atoms with E-state index in [0.717, 1.165) is 10.1 Å². The fourth-order valence-electron chi connectivity index (χ4n) is 1.23. The number of rotatable bonds is 1. The van der Waals surface area contributed by atoms with Gasteiger partial charge in [-0.2, -0.15) is 0 Å². The summed E-state index contributed by atoms with van der Waals surface area (Å²) in [4.78, 5) is 4.11. The van der Waals surface area contributed by atoms with Crippen LogP contribution < -0.4 is 11.1 Å². The smallest absolute Gasteiger partial charge is 0.136 e. The molecule has 1 aliphatic rings. The van der Waals surface area contributed by atoms with Crippen molar-refractivity contribution in [1.29, 1.82) is 0 Å². The molecule has 0 spiro atoms. The van der Waals surface area contributed by atoms with Crippen LogP contribution in [0.5, 0.6) is 0 Å². The molecule has 0 radical (unpaired) electrons. The molecule has 0 bridgehead atoms. The fraction of sp³-hybridized carbons (Fsp3) is 0.375. The number of nitrogens with one attached hydrogen (secondary N) is 1. The number of nitrogens with two attached hydrogens (primary N) is 1. The lowest BCUT2D eigenvalue weighted by atomic mass is 10.00. The molecule has 1 atom stereocenters. The third-order valence-electron chi connectivity index (χ3n) is 2.12. The van der Waals surface area contributed by atoms with Gasteiger partial charge in [-0.05, 0) is 47.2 Å². The Morgan fingerprint density at radius 2 is 2.42 bits per heavy atom. The molecule has 64 valence electrons. The van der Waals surface area contributed by atoms with Crippen LogP contribution in [0.2, 0.25) is 0 Å². The van der Waals surface area contributed by atoms with Gasteiger partial charge in [0.25, 0.3) is 0 Å². The van der Waals surface area contributed by atoms with Crippen LogP contribution in [-0.4, -0.2) is 11.5 Å². The number of anilines is 1. The molecule has 2 rings (SSSR count). The molecule has 1 saturated heterocycles. The molecule has 0 amide bonds. The van der Waals surface area contributed by atoms with Crippen LogP contribution in [0, 0.1) is 3.57 Å². The van der Waals surface area contributed by atoms with Crippen LogP contribution in [0.15, 0.2) is 12.3 Å². The Morgan fingerprint density at radius 3 is 2.92 bits per heavy atom. The van der Waals surface area contributed by atoms with Gasteiger partial charge < -0.3 is 11.1 Å². The summed E-state index contributed by atoms with van der Waals surface area (Å²) in [6.07, 6.45) is 3.07. The lowest BCUT2D eigenvalue weighted by Crippen LogP contribution is -2.35. The fourth-order valence-corrected chi connectivity index (χ4v) is 1.73. The van der Waals surface area contributed by atoms with Crippen molar-refractivity contribution in [2.24, 2.45) is 0 Å². The molecular formula is C8H10IN3. The van der Waals surface area contributed by atoms with Crippen LogP contribution >= 0.6 is 22.6 Å². The van der Waals surface area contributed by atoms with E-state index in [1.807, 2.05) is 6.20 Å². The van der Waals surface area contributed by atoms with E-state index < -0.39 is 0 Å². The summed E-state index contributed by atoms with van der Waals surface area (Å²) in [5.74, 6) is 0.624. The molecule has 1 aliphatic heterocycles. The van der Waals surface area contributed by atoms with Crippen LogP contribution in [0.3, 0.4) is 0 Å². The van der Waals surface area contributed by atoms with Crippen molar-refractivity contribution in [2.75, 3.05) is 12.3 Å². The second-order valence-corrected chi connectivity index (χ2v) is 4.09. The first-order chi connectivity index (χ1) is 5.77. The summed E-state index contributed by atoms with van der Waals surface area (Å²) in [5, 5.41) is 3.32. The maximum atomic E-state index is 5.61. The number of aromatic nitrogens is 1. The zero-order chi connectivity index (χ0) is 8.55. The Labute approximate surface area is 84.9 Å². The van der Waals surface area contributed by atoms with Crippen LogP contribution in [-0.2, 0) is 0 Å². The monoisotopic (exact) mass is 275 g/mol. The SMILES string of the molecule is Nc1ncc([C@@H]2CCN2)cc1I. The lowest BCUT2D eigenvalue weighted by Gasteiger charge is -2.27. The minimum absolute atomic E-state index is 0.506. The quantitative estimate of drug-likeness (QED) is 0.760. The zero-order valence-corrected chi connectivity index (χ0v) is 8.71. The van der Waals surface area contributed by atoms with Crippen molar-refractivity contribution in [3.63, 3.8) is 0 Å². The van der Waals surface area contributed by atoms with Crippen molar-refractivity contribution in [3.8, 4) is 0 Å². The number of halogens is 1. The van der Waals surface area contributed by atoms with Gasteiger partial charge >= 0.3 is 0 Å². The van der Waals surface area contributed by atoms with Gasteiger partial charge in [0.1, 0.15) is 5.82 Å². The van der Waals surface area contributed by atoms with Gasteiger partial charge in [-0.15, -0.1) is 0 Å². The molecule has 1 fully saturated rings. The van der Waals surface area contributed by atoms with Gasteiger partial charge in [-0.25, -0.2) is 4.98 Å². The van der Waals surface area contributed by atoms with E-state index in [1.54, 1.807) is 0 Å². The Kier molecular flexibility index (Phi) is 2.18. The van der Waals surface area contributed by atoms with E-state index in [0.29, 0.717) is 11.9 Å². The molecule has 2 heterocycles. The summed E-state index contributed by atoms with van der Waals surface area (Å²) in [6, 6.07) is 2.60. The highest BCUT2D eigenvalue weighted by Crippen LogP contribution is 2.24. The second kappa shape index (κ2) is 3.18. The van der Waals surface area contributed by atoms with E-state index in [4.69, 9.17) is 5.73 Å². The number of nitrogens with zero attached hydrogens (tertiary/aromatic N) is 1. The Morgan fingerprint density at radius 1 is 1.67 bits per heavy atom. The molecular weight excluding hydrogens is 265 g/mol. The molecule has 4 heteroatoms. The first kappa shape index (κ1) is 8.25. The number of pyridine rings is 1. The largest absolute Gasteiger partial charge is 0.383 e. The molecule has 0 aromatic carbocycles. The average molecular weight is 275 g/mol. The van der Waals surface area contributed by atoms with E-state index in [1.165, 1.54) is 12.0 Å². The van der Waals surface area contributed by atoms with Gasteiger partial charge in [0.2, 0.25) is 0 Å². The van der Waals surface area contributed by atoms with E-state index >= 15 is 0 Å². The predicted octanol–water partition coefficient (Wildman–Crippen LogP) is 1.30. The third kappa shape index (κ3) is 1.40. The molecule has 3 N–H and O–H groups in total. The Balaban J connectivity index is 2.27. The topological polar surface area (TPSA) is 50.9 Å². The van der Waals surface area contributed by atoms with Gasteiger partial charge in [0, 0.05) is 12.2 Å². The van der Waals surface area contributed by atoms with Crippen LogP contribution in [0.4, 0.5) is 5.82 Å². The third-order valence-corrected chi connectivity index (χ3v) is 2.98. The Bertz CT molecular complexity index is 296. The minimum atomic E-state index is 0.506. The highest BCUT2D eigenvalue weighted by molar-refractivity contribution is 14.1. The van der Waals surface area contributed by atoms with Gasteiger partial charge in [-0.1, -0.05) is 0 Å². The van der Waals surface area contributed by atoms with Crippen molar-refractivity contribution in [3.05, 3.63) is 21.4 Å². The molecule has 0 saturated carbocycles. The van der Waals surface area contributed by atoms with Crippen molar-refractivity contribution < 1.29 is 0 Å². The number of hydrogen-bond acceptors (Lipinski definition) is 3. The molecule has 12 heavy (non-hydrogen) atoms. The average Bonchev–Trinajstić information content (AvgIpc) is 1.93. The normalized spacial score (nSPS) is 21.9. The zero-order valence-electron chi connectivity index (χ0n) is 6.55. The van der Waals surface area contributed by atoms with Gasteiger partial charge in [-0.3, -0.25) is 0 Å². The predicted molar refractivity (Wildman–Crippen MR) is 56.7 cm³/mol. The maximum absolute atomic E-state index is 5.61. The number of nitrogen functional groups attached to an aromatic ring is 1. The highest BCUT2D eigenvalue weighted by atomic mass is 127. The minimum Gasteiger partial charge on any atom is -0.383 e. The second-order valence-electron chi connectivity index (χ2n) is 2.93. The van der Waals surface area contributed by atoms with E-state index in [9.17, 15) is 0 Å². The van der Waals surface area contributed by atoms with Gasteiger partial charge in [0.15, 0.2) is 0 Å². The summed E-state index contributed by atoms with van der Waals surface area (Å²) in [5.41, 5.74) is 6.86. The lowest BCUT2D eigenvalue weighted by molar-refractivity contribution is 0.382. The maximum Gasteiger partial charge on any atom is 0.136 e. The standard InChI is InChI=1S/C8H10IN3/c9-6-3-5(4-12-8(6)10)7-1-2-11-7/h3-4,7,11H,1-2H2,(H2,10,12)/t7-/m0/s1. The summed E-state index contributed by atoms with van der Waals surface area (Å²) in [7, 11) is 0. The molecule has 3 nitrogen and oxygen atoms in total. The first-order valence-corrected chi connectivity index (χ1v) is 4.99. The molecule has 0 aliphatic carbocycles. The summed E-state index contributed by atoms with van der Waals surface area (Å²) in [6.45, 7) is 1.12. The highest BCUT2D eigenvalue weighted by Gasteiger charge is 2.18. The molecule has 0 unspecified atom stereocenters. The van der Waals surface area contributed by atoms with E-state index in [-0.39, 0.29) is 0 Å². The summed E-state index contributed by atoms with van der Waals surface area (Å²) >= 11 is 2.21. The molecule has 1 aromatic rings. The molecule has 1 aromatic heterocycles. The van der Waals surface area contributed by atoms with Crippen molar-refractivity contribution in [2.45, 2.75) is 12.5 Å². The van der Waals surface area contributed by atoms with E-state index in [2.05, 4.69) is 39.0 Å².